The topological polar surface area (TPSA) is 41.1 Å². The van der Waals surface area contributed by atoms with Crippen molar-refractivity contribution in [3.05, 3.63) is 63.6 Å². The Labute approximate surface area is 126 Å². The molecule has 3 rings (SSSR count). The van der Waals surface area contributed by atoms with Crippen LogP contribution in [0.15, 0.2) is 46.9 Å². The molecule has 0 aromatic heterocycles. The minimum Gasteiger partial charge on any atom is -0.324 e. The zero-order valence-corrected chi connectivity index (χ0v) is 12.7. The molecule has 0 saturated heterocycles. The first-order valence-corrected chi connectivity index (χ1v) is 7.32. The fourth-order valence-corrected chi connectivity index (χ4v) is 2.84. The van der Waals surface area contributed by atoms with E-state index in [1.54, 1.807) is 0 Å². The van der Waals surface area contributed by atoms with Crippen molar-refractivity contribution < 1.29 is 4.79 Å². The van der Waals surface area contributed by atoms with E-state index >= 15 is 0 Å². The van der Waals surface area contributed by atoms with Crippen LogP contribution in [0.4, 0.5) is 5.69 Å². The van der Waals surface area contributed by atoms with Crippen molar-refractivity contribution in [1.82, 2.24) is 5.32 Å². The third kappa shape index (κ3) is 2.62. The number of halogens is 1. The number of nitrogens with one attached hydrogen (secondary N) is 2. The van der Waals surface area contributed by atoms with Gasteiger partial charge in [-0.05, 0) is 24.6 Å². The average Bonchev–Trinajstić information content (AvgIpc) is 2.71. The number of carbonyl (C=O) groups excluding carboxylic acids is 1. The molecule has 1 heterocycles. The van der Waals surface area contributed by atoms with Crippen LogP contribution < -0.4 is 10.6 Å². The lowest BCUT2D eigenvalue weighted by molar-refractivity contribution is -0.117. The van der Waals surface area contributed by atoms with Gasteiger partial charge in [0, 0.05) is 22.3 Å². The Hall–Kier alpha value is -1.65. The summed E-state index contributed by atoms with van der Waals surface area (Å²) < 4.78 is 0.968. The van der Waals surface area contributed by atoms with Gasteiger partial charge in [-0.3, -0.25) is 10.1 Å². The Morgan fingerprint density at radius 1 is 1.25 bits per heavy atom. The molecule has 0 bridgehead atoms. The fraction of sp³-hybridized carbons (Fsp3) is 0.188. The molecule has 4 heteroatoms. The van der Waals surface area contributed by atoms with E-state index < -0.39 is 0 Å². The van der Waals surface area contributed by atoms with Crippen LogP contribution in [-0.4, -0.2) is 5.91 Å². The van der Waals surface area contributed by atoms with Crippen LogP contribution in [0.2, 0.25) is 0 Å². The van der Waals surface area contributed by atoms with Crippen molar-refractivity contribution >= 4 is 27.5 Å². The summed E-state index contributed by atoms with van der Waals surface area (Å²) in [5.41, 5.74) is 4.30. The Bertz CT molecular complexity index is 669. The third-order valence-corrected chi connectivity index (χ3v) is 3.93. The van der Waals surface area contributed by atoms with Crippen LogP contribution in [0.1, 0.15) is 22.7 Å². The van der Waals surface area contributed by atoms with Gasteiger partial charge in [0.15, 0.2) is 0 Å². The molecule has 20 heavy (non-hydrogen) atoms. The SMILES string of the molecule is Cc1cccc(CNC2C(=O)Nc3cc(Br)ccc32)c1. The van der Waals surface area contributed by atoms with E-state index in [2.05, 4.69) is 51.7 Å². The zero-order chi connectivity index (χ0) is 14.1. The summed E-state index contributed by atoms with van der Waals surface area (Å²) in [5.74, 6) is 0.00533. The van der Waals surface area contributed by atoms with Crippen molar-refractivity contribution in [3.8, 4) is 0 Å². The number of anilines is 1. The number of amides is 1. The molecule has 1 aliphatic heterocycles. The lowest BCUT2D eigenvalue weighted by Crippen LogP contribution is -2.27. The molecule has 1 atom stereocenters. The lowest BCUT2D eigenvalue weighted by Gasteiger charge is -2.12. The standard InChI is InChI=1S/C16H15BrN2O/c1-10-3-2-4-11(7-10)9-18-15-13-6-5-12(17)8-14(13)19-16(15)20/h2-8,15,18H,9H2,1H3,(H,19,20). The first-order valence-electron chi connectivity index (χ1n) is 6.53. The molecule has 2 N–H and O–H groups in total. The summed E-state index contributed by atoms with van der Waals surface area (Å²) in [4.78, 5) is 12.0. The number of rotatable bonds is 3. The Morgan fingerprint density at radius 2 is 2.10 bits per heavy atom. The number of hydrogen-bond donors (Lipinski definition) is 2. The molecule has 3 nitrogen and oxygen atoms in total. The van der Waals surface area contributed by atoms with Gasteiger partial charge in [-0.25, -0.2) is 0 Å². The van der Waals surface area contributed by atoms with E-state index in [1.807, 2.05) is 24.3 Å². The van der Waals surface area contributed by atoms with Crippen LogP contribution in [0, 0.1) is 6.92 Å². The predicted molar refractivity (Wildman–Crippen MR) is 83.5 cm³/mol. The Morgan fingerprint density at radius 3 is 2.90 bits per heavy atom. The van der Waals surface area contributed by atoms with Gasteiger partial charge in [-0.2, -0.15) is 0 Å². The number of carbonyl (C=O) groups is 1. The fourth-order valence-electron chi connectivity index (χ4n) is 2.48. The van der Waals surface area contributed by atoms with Gasteiger partial charge >= 0.3 is 0 Å². The first-order chi connectivity index (χ1) is 9.63. The van der Waals surface area contributed by atoms with Crippen LogP contribution in [0.5, 0.6) is 0 Å². The van der Waals surface area contributed by atoms with E-state index in [0.717, 1.165) is 15.7 Å². The van der Waals surface area contributed by atoms with E-state index in [0.29, 0.717) is 6.54 Å². The minimum absolute atomic E-state index is 0.00533. The van der Waals surface area contributed by atoms with E-state index in [4.69, 9.17) is 0 Å². The van der Waals surface area contributed by atoms with Gasteiger partial charge in [0.2, 0.25) is 5.91 Å². The monoisotopic (exact) mass is 330 g/mol. The molecule has 2 aromatic carbocycles. The summed E-state index contributed by atoms with van der Waals surface area (Å²) >= 11 is 3.42. The maximum Gasteiger partial charge on any atom is 0.246 e. The normalized spacial score (nSPS) is 16.9. The van der Waals surface area contributed by atoms with E-state index in [9.17, 15) is 4.79 Å². The molecule has 1 aliphatic rings. The molecular formula is C16H15BrN2O. The van der Waals surface area contributed by atoms with E-state index in [-0.39, 0.29) is 11.9 Å². The molecule has 2 aromatic rings. The number of benzene rings is 2. The number of aryl methyl sites for hydroxylation is 1. The average molecular weight is 331 g/mol. The van der Waals surface area contributed by atoms with Gasteiger partial charge in [-0.1, -0.05) is 51.8 Å². The van der Waals surface area contributed by atoms with Crippen molar-refractivity contribution in [2.45, 2.75) is 19.5 Å². The number of fused-ring (bicyclic) bond motifs is 1. The predicted octanol–water partition coefficient (Wildman–Crippen LogP) is 3.54. The highest BCUT2D eigenvalue weighted by molar-refractivity contribution is 9.10. The lowest BCUT2D eigenvalue weighted by atomic mass is 10.1. The van der Waals surface area contributed by atoms with Crippen LogP contribution in [0.25, 0.3) is 0 Å². The van der Waals surface area contributed by atoms with Gasteiger partial charge < -0.3 is 5.32 Å². The molecule has 0 fully saturated rings. The minimum atomic E-state index is -0.279. The maximum atomic E-state index is 12.0. The largest absolute Gasteiger partial charge is 0.324 e. The van der Waals surface area contributed by atoms with E-state index in [1.165, 1.54) is 11.1 Å². The third-order valence-electron chi connectivity index (χ3n) is 3.44. The summed E-state index contributed by atoms with van der Waals surface area (Å²) in [5, 5.41) is 6.23. The second kappa shape index (κ2) is 5.38. The van der Waals surface area contributed by atoms with Gasteiger partial charge in [0.25, 0.3) is 0 Å². The molecular weight excluding hydrogens is 316 g/mol. The Balaban J connectivity index is 1.77. The molecule has 0 saturated carbocycles. The van der Waals surface area contributed by atoms with Crippen molar-refractivity contribution in [2.24, 2.45) is 0 Å². The highest BCUT2D eigenvalue weighted by Gasteiger charge is 2.29. The molecule has 0 radical (unpaired) electrons. The summed E-state index contributed by atoms with van der Waals surface area (Å²) in [6, 6.07) is 13.9. The second-order valence-corrected chi connectivity index (χ2v) is 5.94. The highest BCUT2D eigenvalue weighted by Crippen LogP contribution is 2.33. The number of hydrogen-bond acceptors (Lipinski definition) is 2. The summed E-state index contributed by atoms with van der Waals surface area (Å²) in [7, 11) is 0. The first kappa shape index (κ1) is 13.3. The van der Waals surface area contributed by atoms with Crippen molar-refractivity contribution in [1.29, 1.82) is 0 Å². The molecule has 0 aliphatic carbocycles. The quantitative estimate of drug-likeness (QED) is 0.903. The Kier molecular flexibility index (Phi) is 3.59. The highest BCUT2D eigenvalue weighted by atomic mass is 79.9. The van der Waals surface area contributed by atoms with Crippen LogP contribution >= 0.6 is 15.9 Å². The second-order valence-electron chi connectivity index (χ2n) is 5.02. The van der Waals surface area contributed by atoms with Crippen molar-refractivity contribution in [2.75, 3.05) is 5.32 Å². The molecule has 1 amide bonds. The maximum absolute atomic E-state index is 12.0. The van der Waals surface area contributed by atoms with Gasteiger partial charge in [0.1, 0.15) is 6.04 Å². The van der Waals surface area contributed by atoms with Gasteiger partial charge in [-0.15, -0.1) is 0 Å². The molecule has 0 spiro atoms. The zero-order valence-electron chi connectivity index (χ0n) is 11.1. The summed E-state index contributed by atoms with van der Waals surface area (Å²) in [6.07, 6.45) is 0. The van der Waals surface area contributed by atoms with Crippen molar-refractivity contribution in [3.63, 3.8) is 0 Å². The van der Waals surface area contributed by atoms with Crippen LogP contribution in [0.3, 0.4) is 0 Å². The molecule has 1 unspecified atom stereocenters. The molecule has 102 valence electrons. The summed E-state index contributed by atoms with van der Waals surface area (Å²) in [6.45, 7) is 2.74. The van der Waals surface area contributed by atoms with Gasteiger partial charge in [0.05, 0.1) is 0 Å². The van der Waals surface area contributed by atoms with Crippen LogP contribution in [-0.2, 0) is 11.3 Å². The smallest absolute Gasteiger partial charge is 0.246 e.